The number of carboxylic acid groups (broad SMARTS) is 1. The van der Waals surface area contributed by atoms with Crippen LogP contribution in [0.2, 0.25) is 0 Å². The van der Waals surface area contributed by atoms with Gasteiger partial charge in [0, 0.05) is 26.2 Å². The number of hydrogen-bond acceptors (Lipinski definition) is 10. The fraction of sp³-hybridized carbons (Fsp3) is 0.500. The number of amides is 4. The van der Waals surface area contributed by atoms with E-state index in [2.05, 4.69) is 49.4 Å². The van der Waals surface area contributed by atoms with E-state index in [-0.39, 0.29) is 47.8 Å². The van der Waals surface area contributed by atoms with Gasteiger partial charge in [0.1, 0.15) is 23.7 Å². The summed E-state index contributed by atoms with van der Waals surface area (Å²) < 4.78 is 10.2. The van der Waals surface area contributed by atoms with Crippen LogP contribution in [-0.2, 0) is 14.3 Å². The third kappa shape index (κ3) is 8.32. The van der Waals surface area contributed by atoms with E-state index in [9.17, 15) is 24.3 Å². The minimum absolute atomic E-state index is 0.00832. The predicted octanol–water partition coefficient (Wildman–Crippen LogP) is 7.27. The third-order valence-electron chi connectivity index (χ3n) is 13.1. The molecule has 6 atom stereocenters. The number of methoxy groups -OCH3 is 2. The van der Waals surface area contributed by atoms with Crippen LogP contribution >= 0.6 is 0 Å². The quantitative estimate of drug-likeness (QED) is 0.0983. The summed E-state index contributed by atoms with van der Waals surface area (Å²) >= 11 is 0. The summed E-state index contributed by atoms with van der Waals surface area (Å²) in [7, 11) is 4.35. The molecular formula is C46H58N10O7. The van der Waals surface area contributed by atoms with Gasteiger partial charge >= 0.3 is 12.2 Å². The van der Waals surface area contributed by atoms with E-state index in [0.717, 1.165) is 88.1 Å². The number of rotatable bonds is 12. The van der Waals surface area contributed by atoms with Crippen molar-refractivity contribution in [3.05, 3.63) is 77.5 Å². The van der Waals surface area contributed by atoms with E-state index in [1.807, 2.05) is 63.1 Å². The van der Waals surface area contributed by atoms with Crippen molar-refractivity contribution in [1.29, 1.82) is 0 Å². The molecule has 0 spiro atoms. The lowest BCUT2D eigenvalue weighted by molar-refractivity contribution is -0.138. The molecule has 3 aliphatic rings. The van der Waals surface area contributed by atoms with Crippen LogP contribution in [0.25, 0.3) is 22.1 Å². The van der Waals surface area contributed by atoms with Crippen LogP contribution in [-0.4, -0.2) is 115 Å². The van der Waals surface area contributed by atoms with Crippen molar-refractivity contribution in [1.82, 2.24) is 44.9 Å². The molecule has 6 heterocycles. The minimum atomic E-state index is -1.13. The number of benzene rings is 2. The van der Waals surface area contributed by atoms with Crippen molar-refractivity contribution in [2.24, 2.45) is 11.8 Å². The molecule has 17 heteroatoms. The van der Waals surface area contributed by atoms with Crippen LogP contribution < -0.4 is 15.0 Å². The largest absolute Gasteiger partial charge is 0.481 e. The molecule has 4 amide bonds. The molecule has 3 saturated heterocycles. The molecule has 63 heavy (non-hydrogen) atoms. The van der Waals surface area contributed by atoms with Crippen molar-refractivity contribution < 1.29 is 33.8 Å². The predicted molar refractivity (Wildman–Crippen MR) is 236 cm³/mol. The van der Waals surface area contributed by atoms with Gasteiger partial charge in [-0.05, 0) is 91.8 Å². The molecule has 0 unspecified atom stereocenters. The molecule has 0 saturated carbocycles. The number of carbonyl (C=O) groups is 4. The number of likely N-dealkylation sites (N-methyl/N-ethyl adjacent to an activating group) is 1. The Morgan fingerprint density at radius 1 is 0.762 bits per heavy atom. The van der Waals surface area contributed by atoms with Crippen molar-refractivity contribution >= 4 is 51.8 Å². The first-order chi connectivity index (χ1) is 30.3. The SMILES string of the molecule is COC(=O)N[C@H](C(=O)N1CCC[C@H]1c1nc2ccc([C@H]3CC[C@H](c4ccc5nc([C@@H]6CCCN6C(=O)[C@H](C(C)C)N(C)C(=O)O)[nH]c5c4)N3c3ccc(OC)nc3)cc2[nH]1)C(C)C. The Kier molecular flexibility index (Phi) is 12.2. The van der Waals surface area contributed by atoms with Crippen molar-refractivity contribution in [2.75, 3.05) is 39.3 Å². The fourth-order valence-electron chi connectivity index (χ4n) is 9.99. The van der Waals surface area contributed by atoms with E-state index >= 15 is 0 Å². The third-order valence-corrected chi connectivity index (χ3v) is 13.1. The van der Waals surface area contributed by atoms with E-state index in [1.165, 1.54) is 14.2 Å². The number of H-pyrrole nitrogens is 2. The molecule has 334 valence electrons. The number of anilines is 1. The van der Waals surface area contributed by atoms with Gasteiger partial charge in [0.2, 0.25) is 17.7 Å². The summed E-state index contributed by atoms with van der Waals surface area (Å²) in [5.41, 5.74) is 6.53. The van der Waals surface area contributed by atoms with Crippen LogP contribution in [0.15, 0.2) is 54.7 Å². The number of aromatic amines is 2. The standard InChI is InChI=1S/C46H58N10O7/c1-25(2)39(52-45(59)63-7)43(57)54-20-8-10-36(54)41-48-30-15-12-27(22-32(30)50-41)34-17-18-35(56(34)29-14-19-38(62-6)47-24-29)28-13-16-31-33(23-28)51-42(49-31)37-11-9-21-55(37)44(58)40(26(3)4)53(5)46(60)61/h12-16,19,22-26,34-37,39-40H,8-11,17-18,20-21H2,1-7H3,(H,48,50)(H,49,51)(H,52,59)(H,60,61)/t34-,35-,36+,37+,39+,40+/m1/s1. The van der Waals surface area contributed by atoms with Gasteiger partial charge in [-0.1, -0.05) is 39.8 Å². The number of pyridine rings is 1. The number of aromatic nitrogens is 5. The Balaban J connectivity index is 1.07. The minimum Gasteiger partial charge on any atom is -0.481 e. The molecular weight excluding hydrogens is 805 g/mol. The Labute approximate surface area is 366 Å². The van der Waals surface area contributed by atoms with Gasteiger partial charge in [0.25, 0.3) is 0 Å². The molecule has 4 N–H and O–H groups in total. The van der Waals surface area contributed by atoms with Crippen molar-refractivity contribution in [3.63, 3.8) is 0 Å². The number of ether oxygens (including phenoxy) is 2. The number of carbonyl (C=O) groups excluding carboxylic acids is 3. The zero-order valence-corrected chi connectivity index (χ0v) is 37.0. The first kappa shape index (κ1) is 43.3. The summed E-state index contributed by atoms with van der Waals surface area (Å²) in [5.74, 6) is 1.26. The highest BCUT2D eigenvalue weighted by molar-refractivity contribution is 5.87. The van der Waals surface area contributed by atoms with Gasteiger partial charge in [-0.25, -0.2) is 24.5 Å². The van der Waals surface area contributed by atoms with Gasteiger partial charge in [0.05, 0.1) is 72.3 Å². The maximum absolute atomic E-state index is 13.9. The Bertz CT molecular complexity index is 2480. The number of imidazole rings is 2. The van der Waals surface area contributed by atoms with Gasteiger partial charge in [-0.2, -0.15) is 0 Å². The van der Waals surface area contributed by atoms with Crippen molar-refractivity contribution in [3.8, 4) is 5.88 Å². The van der Waals surface area contributed by atoms with Crippen LogP contribution in [0.1, 0.15) is 113 Å². The lowest BCUT2D eigenvalue weighted by Crippen LogP contribution is -2.51. The fourth-order valence-corrected chi connectivity index (χ4v) is 9.99. The van der Waals surface area contributed by atoms with E-state index < -0.39 is 24.3 Å². The van der Waals surface area contributed by atoms with Gasteiger partial charge < -0.3 is 44.6 Å². The maximum Gasteiger partial charge on any atom is 0.407 e. The average Bonchev–Trinajstić information content (AvgIpc) is 4.13. The van der Waals surface area contributed by atoms with Gasteiger partial charge in [-0.15, -0.1) is 0 Å². The zero-order valence-electron chi connectivity index (χ0n) is 37.0. The number of nitrogens with zero attached hydrogens (tertiary/aromatic N) is 7. The van der Waals surface area contributed by atoms with E-state index in [1.54, 1.807) is 12.0 Å². The van der Waals surface area contributed by atoms with E-state index in [0.29, 0.717) is 24.8 Å². The smallest absolute Gasteiger partial charge is 0.407 e. The number of alkyl carbamates (subject to hydrolysis) is 1. The topological polar surface area (TPSA) is 202 Å². The lowest BCUT2D eigenvalue weighted by atomic mass is 10.0. The summed E-state index contributed by atoms with van der Waals surface area (Å²) in [5, 5.41) is 12.5. The molecule has 17 nitrogen and oxygen atoms in total. The monoisotopic (exact) mass is 862 g/mol. The second-order valence-corrected chi connectivity index (χ2v) is 17.7. The summed E-state index contributed by atoms with van der Waals surface area (Å²) in [6.45, 7) is 8.65. The molecule has 3 aromatic heterocycles. The summed E-state index contributed by atoms with van der Waals surface area (Å²) in [4.78, 5) is 80.6. The number of hydrogen-bond donors (Lipinski definition) is 4. The molecule has 0 radical (unpaired) electrons. The molecule has 5 aromatic rings. The van der Waals surface area contributed by atoms with Gasteiger partial charge in [-0.3, -0.25) is 14.5 Å². The Morgan fingerprint density at radius 2 is 1.32 bits per heavy atom. The highest BCUT2D eigenvalue weighted by Gasteiger charge is 2.41. The first-order valence-electron chi connectivity index (χ1n) is 22.0. The molecule has 0 aliphatic carbocycles. The second-order valence-electron chi connectivity index (χ2n) is 17.7. The van der Waals surface area contributed by atoms with E-state index in [4.69, 9.17) is 19.4 Å². The first-order valence-corrected chi connectivity index (χ1v) is 22.0. The van der Waals surface area contributed by atoms with Crippen LogP contribution in [0, 0.1) is 11.8 Å². The van der Waals surface area contributed by atoms with Gasteiger partial charge in [0.15, 0.2) is 0 Å². The summed E-state index contributed by atoms with van der Waals surface area (Å²) in [6, 6.07) is 14.5. The molecule has 8 rings (SSSR count). The highest BCUT2D eigenvalue weighted by atomic mass is 16.5. The Hall–Kier alpha value is -6.39. The number of likely N-dealkylation sites (tertiary alicyclic amines) is 2. The van der Waals surface area contributed by atoms with Crippen LogP contribution in [0.5, 0.6) is 5.88 Å². The van der Waals surface area contributed by atoms with Crippen LogP contribution in [0.4, 0.5) is 15.3 Å². The normalized spacial score (nSPS) is 21.1. The maximum atomic E-state index is 13.9. The number of fused-ring (bicyclic) bond motifs is 2. The lowest BCUT2D eigenvalue weighted by Gasteiger charge is -2.33. The van der Waals surface area contributed by atoms with Crippen LogP contribution in [0.3, 0.4) is 0 Å². The molecule has 3 fully saturated rings. The van der Waals surface area contributed by atoms with Crippen molar-refractivity contribution in [2.45, 2.75) is 102 Å². The molecule has 2 aromatic carbocycles. The average molecular weight is 863 g/mol. The number of nitrogens with one attached hydrogen (secondary N) is 3. The second kappa shape index (κ2) is 17.8. The highest BCUT2D eigenvalue weighted by Crippen LogP contribution is 2.48. The molecule has 3 aliphatic heterocycles. The summed E-state index contributed by atoms with van der Waals surface area (Å²) in [6.07, 6.45) is 4.93. The Morgan fingerprint density at radius 3 is 1.78 bits per heavy atom. The molecule has 0 bridgehead atoms. The zero-order chi connectivity index (χ0) is 44.7.